The van der Waals surface area contributed by atoms with Crippen LogP contribution in [0, 0.1) is 25.6 Å². The molecule has 1 N–H and O–H groups in total. The Morgan fingerprint density at radius 3 is 2.47 bits per heavy atom. The highest BCUT2D eigenvalue weighted by atomic mass is 32.2. The molecule has 174 valence electrons. The molecule has 0 saturated carbocycles. The molecule has 2 heterocycles. The van der Waals surface area contributed by atoms with Gasteiger partial charge in [-0.1, -0.05) is 0 Å². The minimum Gasteiger partial charge on any atom is -0.462 e. The minimum absolute atomic E-state index is 0.00892. The van der Waals surface area contributed by atoms with Gasteiger partial charge in [0.15, 0.2) is 0 Å². The molecule has 2 aromatic rings. The maximum Gasteiger partial charge on any atom is 0.341 e. The summed E-state index contributed by atoms with van der Waals surface area (Å²) in [4.78, 5) is 25.2. The Bertz CT molecular complexity index is 1130. The Hall–Kier alpha value is -2.72. The molecule has 1 atom stereocenters. The van der Waals surface area contributed by atoms with Crippen molar-refractivity contribution in [2.75, 3.05) is 25.0 Å². The third-order valence-corrected chi connectivity index (χ3v) is 7.89. The van der Waals surface area contributed by atoms with Gasteiger partial charge in [0.1, 0.15) is 16.3 Å². The SMILES string of the molecule is CCOC(=O)c1c(S(=O)(=O)N2CCCC(C(=O)Nc3ccc(F)cc3)C2)c(C)n(C)c1C. The average Bonchev–Trinajstić information content (AvgIpc) is 3.00. The van der Waals surface area contributed by atoms with Crippen molar-refractivity contribution in [2.24, 2.45) is 13.0 Å². The molecule has 8 nitrogen and oxygen atoms in total. The highest BCUT2D eigenvalue weighted by molar-refractivity contribution is 7.89. The number of sulfonamides is 1. The number of nitrogens with zero attached hydrogens (tertiary/aromatic N) is 2. The predicted octanol–water partition coefficient (Wildman–Crippen LogP) is 3.00. The molecule has 1 aliphatic heterocycles. The summed E-state index contributed by atoms with van der Waals surface area (Å²) in [7, 11) is -2.36. The predicted molar refractivity (Wildman–Crippen MR) is 117 cm³/mol. The molecule has 1 fully saturated rings. The third-order valence-electron chi connectivity index (χ3n) is 5.87. The number of piperidine rings is 1. The second kappa shape index (κ2) is 9.41. The van der Waals surface area contributed by atoms with Gasteiger partial charge >= 0.3 is 5.97 Å². The number of hydrogen-bond donors (Lipinski definition) is 1. The first-order valence-electron chi connectivity index (χ1n) is 10.5. The number of esters is 1. The molecule has 1 amide bonds. The van der Waals surface area contributed by atoms with Gasteiger partial charge in [0.25, 0.3) is 0 Å². The minimum atomic E-state index is -4.05. The van der Waals surface area contributed by atoms with Gasteiger partial charge in [0, 0.05) is 37.2 Å². The summed E-state index contributed by atoms with van der Waals surface area (Å²) in [6.45, 7) is 5.34. The van der Waals surface area contributed by atoms with Crippen molar-refractivity contribution in [1.29, 1.82) is 0 Å². The van der Waals surface area contributed by atoms with E-state index in [1.54, 1.807) is 32.4 Å². The molecule has 1 aliphatic rings. The Labute approximate surface area is 187 Å². The van der Waals surface area contributed by atoms with E-state index in [0.717, 1.165) is 0 Å². The van der Waals surface area contributed by atoms with Crippen molar-refractivity contribution in [3.63, 3.8) is 0 Å². The lowest BCUT2D eigenvalue weighted by Crippen LogP contribution is -2.44. The molecule has 1 aromatic carbocycles. The Balaban J connectivity index is 1.87. The molecule has 0 aliphatic carbocycles. The van der Waals surface area contributed by atoms with Crippen LogP contribution >= 0.6 is 0 Å². The van der Waals surface area contributed by atoms with E-state index in [9.17, 15) is 22.4 Å². The number of ether oxygens (including phenoxy) is 1. The summed E-state index contributed by atoms with van der Waals surface area (Å²) in [5.41, 5.74) is 1.41. The number of carbonyl (C=O) groups excluding carboxylic acids is 2. The van der Waals surface area contributed by atoms with E-state index < -0.39 is 27.7 Å². The van der Waals surface area contributed by atoms with Gasteiger partial charge in [-0.3, -0.25) is 4.79 Å². The van der Waals surface area contributed by atoms with Crippen LogP contribution in [0.25, 0.3) is 0 Å². The summed E-state index contributed by atoms with van der Waals surface area (Å²) >= 11 is 0. The van der Waals surface area contributed by atoms with Gasteiger partial charge in [-0.2, -0.15) is 4.31 Å². The van der Waals surface area contributed by atoms with Crippen molar-refractivity contribution in [3.8, 4) is 0 Å². The fourth-order valence-corrected chi connectivity index (χ4v) is 5.96. The van der Waals surface area contributed by atoms with Crippen LogP contribution in [0.3, 0.4) is 0 Å². The maximum atomic E-state index is 13.6. The number of nitrogens with one attached hydrogen (secondary N) is 1. The molecule has 32 heavy (non-hydrogen) atoms. The van der Waals surface area contributed by atoms with Crippen LogP contribution in [-0.4, -0.2) is 48.9 Å². The smallest absolute Gasteiger partial charge is 0.341 e. The summed E-state index contributed by atoms with van der Waals surface area (Å²) in [6, 6.07) is 5.38. The number of hydrogen-bond acceptors (Lipinski definition) is 5. The fraction of sp³-hybridized carbons (Fsp3) is 0.455. The van der Waals surface area contributed by atoms with Crippen molar-refractivity contribution >= 4 is 27.6 Å². The molecule has 3 rings (SSSR count). The van der Waals surface area contributed by atoms with Gasteiger partial charge < -0.3 is 14.6 Å². The second-order valence-electron chi connectivity index (χ2n) is 7.85. The van der Waals surface area contributed by atoms with Gasteiger partial charge in [-0.25, -0.2) is 17.6 Å². The lowest BCUT2D eigenvalue weighted by atomic mass is 9.99. The first-order valence-corrected chi connectivity index (χ1v) is 11.9. The molecular formula is C22H28FN3O5S. The zero-order chi connectivity index (χ0) is 23.6. The standard InChI is InChI=1S/C22H28FN3O5S/c1-5-31-22(28)19-14(2)25(4)15(3)20(19)32(29,30)26-12-6-7-16(13-26)21(27)24-18-10-8-17(23)9-11-18/h8-11,16H,5-7,12-13H2,1-4H3,(H,24,27). The van der Waals surface area contributed by atoms with Gasteiger partial charge in [-0.15, -0.1) is 0 Å². The van der Waals surface area contributed by atoms with E-state index in [1.165, 1.54) is 28.6 Å². The van der Waals surface area contributed by atoms with Crippen LogP contribution in [0.2, 0.25) is 0 Å². The van der Waals surface area contributed by atoms with Gasteiger partial charge in [0.05, 0.1) is 12.5 Å². The molecule has 1 aromatic heterocycles. The number of halogens is 1. The fourth-order valence-electron chi connectivity index (χ4n) is 3.96. The Kier molecular flexibility index (Phi) is 7.04. The number of rotatable bonds is 6. The highest BCUT2D eigenvalue weighted by Gasteiger charge is 2.39. The largest absolute Gasteiger partial charge is 0.462 e. The topological polar surface area (TPSA) is 97.7 Å². The highest BCUT2D eigenvalue weighted by Crippen LogP contribution is 2.32. The van der Waals surface area contributed by atoms with Crippen LogP contribution < -0.4 is 5.32 Å². The zero-order valence-electron chi connectivity index (χ0n) is 18.6. The molecule has 1 saturated heterocycles. The van der Waals surface area contributed by atoms with Crippen LogP contribution in [0.5, 0.6) is 0 Å². The van der Waals surface area contributed by atoms with Crippen LogP contribution in [0.1, 0.15) is 41.5 Å². The van der Waals surface area contributed by atoms with Gasteiger partial charge in [-0.05, 0) is 57.9 Å². The third kappa shape index (κ3) is 4.56. The van der Waals surface area contributed by atoms with E-state index in [1.807, 2.05) is 0 Å². The van der Waals surface area contributed by atoms with E-state index >= 15 is 0 Å². The summed E-state index contributed by atoms with van der Waals surface area (Å²) in [6.07, 6.45) is 1.02. The first-order chi connectivity index (χ1) is 15.1. The summed E-state index contributed by atoms with van der Waals surface area (Å²) in [5, 5.41) is 2.72. The number of aromatic nitrogens is 1. The maximum absolute atomic E-state index is 13.6. The quantitative estimate of drug-likeness (QED) is 0.662. The second-order valence-corrected chi connectivity index (χ2v) is 9.73. The monoisotopic (exact) mass is 465 g/mol. The van der Waals surface area contributed by atoms with E-state index in [2.05, 4.69) is 5.32 Å². The van der Waals surface area contributed by atoms with Crippen molar-refractivity contribution in [1.82, 2.24) is 8.87 Å². The number of anilines is 1. The van der Waals surface area contributed by atoms with Crippen molar-refractivity contribution in [3.05, 3.63) is 47.0 Å². The van der Waals surface area contributed by atoms with E-state index in [4.69, 9.17) is 4.74 Å². The average molecular weight is 466 g/mol. The van der Waals surface area contributed by atoms with E-state index in [0.29, 0.717) is 29.9 Å². The number of carbonyl (C=O) groups is 2. The number of amides is 1. The molecular weight excluding hydrogens is 437 g/mol. The first kappa shape index (κ1) is 23.9. The van der Waals surface area contributed by atoms with Crippen molar-refractivity contribution < 1.29 is 27.1 Å². The Morgan fingerprint density at radius 2 is 1.84 bits per heavy atom. The molecule has 10 heteroatoms. The summed E-state index contributed by atoms with van der Waals surface area (Å²) < 4.78 is 48.3. The van der Waals surface area contributed by atoms with Crippen LogP contribution in [-0.2, 0) is 26.6 Å². The molecule has 1 unspecified atom stereocenters. The summed E-state index contributed by atoms with van der Waals surface area (Å²) in [5.74, 6) is -2.00. The van der Waals surface area contributed by atoms with Gasteiger partial charge in [0.2, 0.25) is 15.9 Å². The molecule has 0 bridgehead atoms. The van der Waals surface area contributed by atoms with E-state index in [-0.39, 0.29) is 36.1 Å². The van der Waals surface area contributed by atoms with Crippen LogP contribution in [0.4, 0.5) is 10.1 Å². The lowest BCUT2D eigenvalue weighted by molar-refractivity contribution is -0.120. The lowest BCUT2D eigenvalue weighted by Gasteiger charge is -2.31. The molecule has 0 spiro atoms. The van der Waals surface area contributed by atoms with Crippen LogP contribution in [0.15, 0.2) is 29.2 Å². The molecule has 0 radical (unpaired) electrons. The van der Waals surface area contributed by atoms with Crippen molar-refractivity contribution in [2.45, 2.75) is 38.5 Å². The number of benzene rings is 1. The zero-order valence-corrected chi connectivity index (χ0v) is 19.5. The Morgan fingerprint density at radius 1 is 1.19 bits per heavy atom. The normalized spacial score (nSPS) is 17.2.